The predicted octanol–water partition coefficient (Wildman–Crippen LogP) is 5.44. The normalized spacial score (nSPS) is 53.7. The van der Waals surface area contributed by atoms with Crippen molar-refractivity contribution in [3.8, 4) is 0 Å². The third kappa shape index (κ3) is 2.22. The van der Waals surface area contributed by atoms with Crippen LogP contribution in [-0.2, 0) is 9.53 Å². The molecular formula is C21H33FO2. The molecule has 4 rings (SSSR count). The molecule has 4 aliphatic carbocycles. The number of carbonyl (C=O) groups is 1. The Morgan fingerprint density at radius 3 is 2.54 bits per heavy atom. The summed E-state index contributed by atoms with van der Waals surface area (Å²) < 4.78 is 21.7. The summed E-state index contributed by atoms with van der Waals surface area (Å²) in [6.45, 7) is 6.17. The number of carbonyl (C=O) groups excluding carboxylic acids is 1. The smallest absolute Gasteiger partial charge is 0.302 e. The van der Waals surface area contributed by atoms with Gasteiger partial charge in [-0.25, -0.2) is 4.39 Å². The van der Waals surface area contributed by atoms with E-state index in [9.17, 15) is 4.79 Å². The van der Waals surface area contributed by atoms with Crippen LogP contribution in [0, 0.1) is 28.6 Å². The van der Waals surface area contributed by atoms with Crippen LogP contribution in [0.1, 0.15) is 85.0 Å². The average molecular weight is 336 g/mol. The number of halogens is 1. The molecule has 4 fully saturated rings. The summed E-state index contributed by atoms with van der Waals surface area (Å²) in [6, 6.07) is 0. The molecule has 4 saturated carbocycles. The van der Waals surface area contributed by atoms with Crippen LogP contribution in [0.3, 0.4) is 0 Å². The highest BCUT2D eigenvalue weighted by molar-refractivity contribution is 5.66. The lowest BCUT2D eigenvalue weighted by atomic mass is 9.44. The maximum Gasteiger partial charge on any atom is 0.302 e. The Morgan fingerprint density at radius 2 is 1.79 bits per heavy atom. The first kappa shape index (κ1) is 16.8. The van der Waals surface area contributed by atoms with Gasteiger partial charge in [0.25, 0.3) is 0 Å². The lowest BCUT2D eigenvalue weighted by Crippen LogP contribution is -2.59. The van der Waals surface area contributed by atoms with Gasteiger partial charge >= 0.3 is 5.97 Å². The van der Waals surface area contributed by atoms with E-state index in [-0.39, 0.29) is 28.8 Å². The molecule has 0 heterocycles. The van der Waals surface area contributed by atoms with Crippen molar-refractivity contribution in [3.63, 3.8) is 0 Å². The average Bonchev–Trinajstić information content (AvgIpc) is 2.83. The second kappa shape index (κ2) is 5.45. The fraction of sp³-hybridized carbons (Fsp3) is 0.952. The number of hydrogen-bond donors (Lipinski definition) is 0. The zero-order valence-electron chi connectivity index (χ0n) is 15.6. The van der Waals surface area contributed by atoms with Crippen LogP contribution in [0.15, 0.2) is 0 Å². The van der Waals surface area contributed by atoms with Crippen molar-refractivity contribution in [1.82, 2.24) is 0 Å². The van der Waals surface area contributed by atoms with Crippen molar-refractivity contribution in [2.45, 2.75) is 96.8 Å². The lowest BCUT2D eigenvalue weighted by molar-refractivity contribution is -0.177. The van der Waals surface area contributed by atoms with Gasteiger partial charge in [0, 0.05) is 12.3 Å². The molecule has 3 heteroatoms. The second-order valence-corrected chi connectivity index (χ2v) is 9.81. The summed E-state index contributed by atoms with van der Waals surface area (Å²) in [5.41, 5.74) is -0.731. The minimum Gasteiger partial charge on any atom is -0.463 e. The first-order chi connectivity index (χ1) is 11.3. The van der Waals surface area contributed by atoms with Gasteiger partial charge in [0.1, 0.15) is 11.8 Å². The summed E-state index contributed by atoms with van der Waals surface area (Å²) in [5.74, 6) is 1.25. The van der Waals surface area contributed by atoms with Gasteiger partial charge in [-0.1, -0.05) is 13.8 Å². The highest BCUT2D eigenvalue weighted by Crippen LogP contribution is 2.69. The van der Waals surface area contributed by atoms with E-state index in [2.05, 4.69) is 13.8 Å². The summed E-state index contributed by atoms with van der Waals surface area (Å²) in [4.78, 5) is 11.3. The molecule has 4 aliphatic rings. The van der Waals surface area contributed by atoms with Crippen LogP contribution in [0.25, 0.3) is 0 Å². The minimum absolute atomic E-state index is 0.0632. The SMILES string of the molecule is CC(=O)O[C@@H]1CC[C@@]2(C)[C@@H](CC[C@@H]3[C@@H]2CC[C@]2(C)CCC[C@@]32F)C1. The Labute approximate surface area is 145 Å². The summed E-state index contributed by atoms with van der Waals surface area (Å²) >= 11 is 0. The van der Waals surface area contributed by atoms with E-state index in [1.807, 2.05) is 0 Å². The molecule has 0 bridgehead atoms. The van der Waals surface area contributed by atoms with E-state index in [1.54, 1.807) is 0 Å². The molecular weight excluding hydrogens is 303 g/mol. The Kier molecular flexibility index (Phi) is 3.82. The summed E-state index contributed by atoms with van der Waals surface area (Å²) in [6.07, 6.45) is 10.6. The van der Waals surface area contributed by atoms with Gasteiger partial charge in [0.2, 0.25) is 0 Å². The van der Waals surface area contributed by atoms with Gasteiger partial charge in [0.05, 0.1) is 0 Å². The summed E-state index contributed by atoms with van der Waals surface area (Å²) in [5, 5.41) is 0. The molecule has 0 N–H and O–H groups in total. The number of hydrogen-bond acceptors (Lipinski definition) is 2. The van der Waals surface area contributed by atoms with Gasteiger partial charge in [-0.2, -0.15) is 0 Å². The Morgan fingerprint density at radius 1 is 1.00 bits per heavy atom. The number of ether oxygens (including phenoxy) is 1. The molecule has 2 nitrogen and oxygen atoms in total. The minimum atomic E-state index is -0.920. The van der Waals surface area contributed by atoms with Crippen molar-refractivity contribution in [3.05, 3.63) is 0 Å². The van der Waals surface area contributed by atoms with Crippen molar-refractivity contribution in [1.29, 1.82) is 0 Å². The number of rotatable bonds is 1. The fourth-order valence-corrected chi connectivity index (χ4v) is 7.46. The molecule has 0 amide bonds. The maximum atomic E-state index is 16.2. The number of esters is 1. The first-order valence-corrected chi connectivity index (χ1v) is 10.1. The highest BCUT2D eigenvalue weighted by Gasteiger charge is 2.65. The van der Waals surface area contributed by atoms with Crippen molar-refractivity contribution in [2.75, 3.05) is 0 Å². The van der Waals surface area contributed by atoms with E-state index in [0.717, 1.165) is 57.8 Å². The molecule has 0 aliphatic heterocycles. The third-order valence-corrected chi connectivity index (χ3v) is 8.84. The third-order valence-electron chi connectivity index (χ3n) is 8.84. The predicted molar refractivity (Wildman–Crippen MR) is 92.2 cm³/mol. The van der Waals surface area contributed by atoms with Crippen LogP contribution in [-0.4, -0.2) is 17.7 Å². The molecule has 0 saturated heterocycles. The number of alkyl halides is 1. The van der Waals surface area contributed by atoms with Gasteiger partial charge in [-0.3, -0.25) is 4.79 Å². The lowest BCUT2D eigenvalue weighted by Gasteiger charge is -2.62. The molecule has 0 radical (unpaired) electrons. The van der Waals surface area contributed by atoms with Crippen molar-refractivity contribution < 1.29 is 13.9 Å². The standard InChI is InChI=1S/C21H33FO2/c1-14(23)24-16-7-12-20(3)15(13-16)5-6-18-17(20)8-11-19(2)9-4-10-21(18,19)22/h15-18H,4-13H2,1-3H3/t15-,16+,17-,18+,19-,20-,21+/m0/s1. The molecule has 0 aromatic heterocycles. The van der Waals surface area contributed by atoms with Gasteiger partial charge < -0.3 is 4.74 Å². The quantitative estimate of drug-likeness (QED) is 0.596. The molecule has 0 aromatic carbocycles. The van der Waals surface area contributed by atoms with Crippen molar-refractivity contribution in [2.24, 2.45) is 28.6 Å². The van der Waals surface area contributed by atoms with Gasteiger partial charge in [-0.05, 0) is 87.4 Å². The largest absolute Gasteiger partial charge is 0.463 e. The van der Waals surface area contributed by atoms with Crippen LogP contribution in [0.2, 0.25) is 0 Å². The molecule has 7 atom stereocenters. The van der Waals surface area contributed by atoms with Crippen LogP contribution >= 0.6 is 0 Å². The molecule has 0 spiro atoms. The highest BCUT2D eigenvalue weighted by atomic mass is 19.1. The van der Waals surface area contributed by atoms with Crippen LogP contribution in [0.5, 0.6) is 0 Å². The van der Waals surface area contributed by atoms with Crippen LogP contribution < -0.4 is 0 Å². The maximum absolute atomic E-state index is 16.2. The first-order valence-electron chi connectivity index (χ1n) is 10.1. The topological polar surface area (TPSA) is 26.3 Å². The molecule has 0 unspecified atom stereocenters. The zero-order valence-corrected chi connectivity index (χ0v) is 15.6. The summed E-state index contributed by atoms with van der Waals surface area (Å²) in [7, 11) is 0. The Hall–Kier alpha value is -0.600. The monoisotopic (exact) mass is 336 g/mol. The van der Waals surface area contributed by atoms with Gasteiger partial charge in [-0.15, -0.1) is 0 Å². The zero-order chi connectivity index (χ0) is 17.2. The molecule has 0 aromatic rings. The van der Waals surface area contributed by atoms with E-state index in [0.29, 0.717) is 11.8 Å². The van der Waals surface area contributed by atoms with E-state index >= 15 is 4.39 Å². The number of fused-ring (bicyclic) bond motifs is 5. The molecule has 24 heavy (non-hydrogen) atoms. The second-order valence-electron chi connectivity index (χ2n) is 9.81. The van der Waals surface area contributed by atoms with Crippen LogP contribution in [0.4, 0.5) is 4.39 Å². The Balaban J connectivity index is 1.57. The van der Waals surface area contributed by atoms with Gasteiger partial charge in [0.15, 0.2) is 0 Å². The molecule has 136 valence electrons. The van der Waals surface area contributed by atoms with E-state index in [4.69, 9.17) is 4.74 Å². The van der Waals surface area contributed by atoms with E-state index < -0.39 is 5.67 Å². The fourth-order valence-electron chi connectivity index (χ4n) is 7.46. The van der Waals surface area contributed by atoms with E-state index in [1.165, 1.54) is 13.3 Å². The Bertz CT molecular complexity index is 534. The van der Waals surface area contributed by atoms with Crippen molar-refractivity contribution >= 4 is 5.97 Å².